The molecule has 4 nitrogen and oxygen atoms in total. The monoisotopic (exact) mass is 225 g/mol. The van der Waals surface area contributed by atoms with Crippen LogP contribution in [0.4, 0.5) is 0 Å². The average molecular weight is 225 g/mol. The number of carboxylic acids is 1. The molecule has 0 unspecified atom stereocenters. The number of aryl methyl sites for hydroxylation is 1. The van der Waals surface area contributed by atoms with Crippen molar-refractivity contribution in [3.05, 3.63) is 23.7 Å². The van der Waals surface area contributed by atoms with Crippen LogP contribution in [0.1, 0.15) is 32.1 Å². The Morgan fingerprint density at radius 1 is 1.56 bits per heavy atom. The summed E-state index contributed by atoms with van der Waals surface area (Å²) in [6, 6.07) is 1.89. The van der Waals surface area contributed by atoms with E-state index in [0.29, 0.717) is 13.1 Å². The molecule has 0 radical (unpaired) electrons. The van der Waals surface area contributed by atoms with Gasteiger partial charge in [0.2, 0.25) is 0 Å². The van der Waals surface area contributed by atoms with Crippen molar-refractivity contribution in [2.45, 2.75) is 39.8 Å². The molecule has 0 atom stereocenters. The first-order chi connectivity index (χ1) is 7.39. The van der Waals surface area contributed by atoms with Gasteiger partial charge in [-0.25, -0.2) is 0 Å². The molecule has 0 saturated carbocycles. The first-order valence-electron chi connectivity index (χ1n) is 5.41. The summed E-state index contributed by atoms with van der Waals surface area (Å²) in [7, 11) is 0. The molecule has 90 valence electrons. The largest absolute Gasteiger partial charge is 0.480 e. The number of carboxylic acid groups (broad SMARTS) is 1. The maximum absolute atomic E-state index is 11.2. The van der Waals surface area contributed by atoms with Gasteiger partial charge in [0, 0.05) is 0 Å². The summed E-state index contributed by atoms with van der Waals surface area (Å²) in [6.45, 7) is 8.51. The van der Waals surface area contributed by atoms with Gasteiger partial charge in [-0.1, -0.05) is 6.92 Å². The number of hydrogen-bond acceptors (Lipinski definition) is 3. The summed E-state index contributed by atoms with van der Waals surface area (Å²) in [5, 5.41) is 9.17. The zero-order valence-electron chi connectivity index (χ0n) is 10.3. The van der Waals surface area contributed by atoms with Gasteiger partial charge in [0.25, 0.3) is 0 Å². The van der Waals surface area contributed by atoms with E-state index in [-0.39, 0.29) is 0 Å². The average Bonchev–Trinajstić information content (AvgIpc) is 2.60. The molecule has 0 amide bonds. The van der Waals surface area contributed by atoms with Gasteiger partial charge in [-0.2, -0.15) is 0 Å². The summed E-state index contributed by atoms with van der Waals surface area (Å²) >= 11 is 0. The van der Waals surface area contributed by atoms with Gasteiger partial charge < -0.3 is 9.52 Å². The number of rotatable bonds is 5. The molecule has 0 bridgehead atoms. The van der Waals surface area contributed by atoms with E-state index >= 15 is 0 Å². The van der Waals surface area contributed by atoms with Gasteiger partial charge in [0.1, 0.15) is 11.3 Å². The molecular formula is C12H19NO3. The fourth-order valence-corrected chi connectivity index (χ4v) is 1.58. The molecule has 0 aliphatic heterocycles. The zero-order chi connectivity index (χ0) is 12.3. The van der Waals surface area contributed by atoms with Gasteiger partial charge in [-0.05, 0) is 38.9 Å². The van der Waals surface area contributed by atoms with E-state index in [2.05, 4.69) is 0 Å². The van der Waals surface area contributed by atoms with Crippen LogP contribution in [0.25, 0.3) is 0 Å². The van der Waals surface area contributed by atoms with E-state index in [1.54, 1.807) is 20.1 Å². The Hall–Kier alpha value is -1.29. The number of aliphatic carboxylic acids is 1. The number of furan rings is 1. The summed E-state index contributed by atoms with van der Waals surface area (Å²) < 4.78 is 5.34. The van der Waals surface area contributed by atoms with Crippen molar-refractivity contribution in [3.63, 3.8) is 0 Å². The zero-order valence-corrected chi connectivity index (χ0v) is 10.3. The third-order valence-electron chi connectivity index (χ3n) is 3.00. The molecule has 0 aromatic carbocycles. The smallest absolute Gasteiger partial charge is 0.323 e. The Kier molecular flexibility index (Phi) is 3.75. The Morgan fingerprint density at radius 2 is 2.19 bits per heavy atom. The van der Waals surface area contributed by atoms with Crippen molar-refractivity contribution in [2.24, 2.45) is 0 Å². The Balaban J connectivity index is 2.85. The van der Waals surface area contributed by atoms with E-state index < -0.39 is 11.5 Å². The third kappa shape index (κ3) is 2.44. The van der Waals surface area contributed by atoms with E-state index in [1.165, 1.54) is 0 Å². The Morgan fingerprint density at radius 3 is 2.56 bits per heavy atom. The number of likely N-dealkylation sites (N-methyl/N-ethyl adjacent to an activating group) is 1. The second-order valence-electron chi connectivity index (χ2n) is 4.41. The lowest BCUT2D eigenvalue weighted by Crippen LogP contribution is -2.49. The van der Waals surface area contributed by atoms with Crippen molar-refractivity contribution in [3.8, 4) is 0 Å². The van der Waals surface area contributed by atoms with E-state index in [4.69, 9.17) is 9.52 Å². The SMILES string of the molecule is CCN(Cc1occc1C)C(C)(C)C(=O)O. The lowest BCUT2D eigenvalue weighted by molar-refractivity contribution is -0.149. The predicted octanol–water partition coefficient (Wildman–Crippen LogP) is 2.27. The van der Waals surface area contributed by atoms with Gasteiger partial charge in [-0.15, -0.1) is 0 Å². The van der Waals surface area contributed by atoms with Crippen molar-refractivity contribution >= 4 is 5.97 Å². The van der Waals surface area contributed by atoms with E-state index in [0.717, 1.165) is 11.3 Å². The van der Waals surface area contributed by atoms with E-state index in [9.17, 15) is 4.79 Å². The maximum Gasteiger partial charge on any atom is 0.323 e. The molecule has 0 fully saturated rings. The van der Waals surface area contributed by atoms with Gasteiger partial charge in [-0.3, -0.25) is 9.69 Å². The predicted molar refractivity (Wildman–Crippen MR) is 61.2 cm³/mol. The minimum absolute atomic E-state index is 0.522. The lowest BCUT2D eigenvalue weighted by Gasteiger charge is -2.33. The van der Waals surface area contributed by atoms with Crippen LogP contribution in [0, 0.1) is 6.92 Å². The van der Waals surface area contributed by atoms with Gasteiger partial charge in [0.15, 0.2) is 0 Å². The third-order valence-corrected chi connectivity index (χ3v) is 3.00. The minimum Gasteiger partial charge on any atom is -0.480 e. The second kappa shape index (κ2) is 4.70. The van der Waals surface area contributed by atoms with Crippen LogP contribution in [0.5, 0.6) is 0 Å². The highest BCUT2D eigenvalue weighted by Gasteiger charge is 2.34. The molecule has 0 aliphatic rings. The van der Waals surface area contributed by atoms with Crippen LogP contribution in [0.2, 0.25) is 0 Å². The molecule has 1 N–H and O–H groups in total. The van der Waals surface area contributed by atoms with Crippen LogP contribution < -0.4 is 0 Å². The Labute approximate surface area is 95.9 Å². The highest BCUT2D eigenvalue weighted by atomic mass is 16.4. The Bertz CT molecular complexity index is 368. The summed E-state index contributed by atoms with van der Waals surface area (Å²) in [5.41, 5.74) is 0.174. The molecule has 0 saturated heterocycles. The standard InChI is InChI=1S/C12H19NO3/c1-5-13(12(3,4)11(14)15)8-10-9(2)6-7-16-10/h6-7H,5,8H2,1-4H3,(H,14,15). The molecule has 1 aromatic rings. The van der Waals surface area contributed by atoms with Crippen molar-refractivity contribution in [1.29, 1.82) is 0 Å². The number of hydrogen-bond donors (Lipinski definition) is 1. The molecule has 1 rings (SSSR count). The molecule has 0 spiro atoms. The van der Waals surface area contributed by atoms with Crippen LogP contribution in [-0.4, -0.2) is 28.1 Å². The fraction of sp³-hybridized carbons (Fsp3) is 0.583. The maximum atomic E-state index is 11.2. The fourth-order valence-electron chi connectivity index (χ4n) is 1.58. The summed E-state index contributed by atoms with van der Waals surface area (Å²) in [5.74, 6) is 0.00901. The highest BCUT2D eigenvalue weighted by Crippen LogP contribution is 2.20. The molecule has 0 aliphatic carbocycles. The normalized spacial score (nSPS) is 12.1. The molecule has 1 heterocycles. The molecule has 16 heavy (non-hydrogen) atoms. The van der Waals surface area contributed by atoms with E-state index in [1.807, 2.05) is 24.8 Å². The highest BCUT2D eigenvalue weighted by molar-refractivity contribution is 5.77. The van der Waals surface area contributed by atoms with Crippen LogP contribution >= 0.6 is 0 Å². The number of carbonyl (C=O) groups is 1. The minimum atomic E-state index is -0.881. The van der Waals surface area contributed by atoms with Crippen molar-refractivity contribution in [2.75, 3.05) is 6.54 Å². The van der Waals surface area contributed by atoms with Crippen molar-refractivity contribution in [1.82, 2.24) is 4.90 Å². The first kappa shape index (κ1) is 12.8. The lowest BCUT2D eigenvalue weighted by atomic mass is 10.0. The number of nitrogens with zero attached hydrogens (tertiary/aromatic N) is 1. The molecular weight excluding hydrogens is 206 g/mol. The van der Waals surface area contributed by atoms with Crippen LogP contribution in [-0.2, 0) is 11.3 Å². The summed E-state index contributed by atoms with van der Waals surface area (Å²) in [4.78, 5) is 13.0. The quantitative estimate of drug-likeness (QED) is 0.835. The second-order valence-corrected chi connectivity index (χ2v) is 4.41. The first-order valence-corrected chi connectivity index (χ1v) is 5.41. The topological polar surface area (TPSA) is 53.7 Å². The van der Waals surface area contributed by atoms with Gasteiger partial charge >= 0.3 is 5.97 Å². The molecule has 1 aromatic heterocycles. The van der Waals surface area contributed by atoms with Gasteiger partial charge in [0.05, 0.1) is 12.8 Å². The van der Waals surface area contributed by atoms with Crippen LogP contribution in [0.3, 0.4) is 0 Å². The summed E-state index contributed by atoms with van der Waals surface area (Å²) in [6.07, 6.45) is 1.63. The van der Waals surface area contributed by atoms with Crippen LogP contribution in [0.15, 0.2) is 16.7 Å². The van der Waals surface area contributed by atoms with Crippen molar-refractivity contribution < 1.29 is 14.3 Å². The molecule has 4 heteroatoms.